The van der Waals surface area contributed by atoms with Crippen molar-refractivity contribution in [2.45, 2.75) is 32.3 Å². The van der Waals surface area contributed by atoms with Gasteiger partial charge in [-0.05, 0) is 50.3 Å². The molecule has 1 heterocycles. The number of nitrogens with two attached hydrogens (primary N) is 1. The Morgan fingerprint density at radius 1 is 0.949 bits per heavy atom. The van der Waals surface area contributed by atoms with Crippen LogP contribution in [0.5, 0.6) is 17.2 Å². The summed E-state index contributed by atoms with van der Waals surface area (Å²) < 4.78 is 121. The van der Waals surface area contributed by atoms with Crippen molar-refractivity contribution in [2.75, 3.05) is 25.4 Å². The summed E-state index contributed by atoms with van der Waals surface area (Å²) in [5.74, 6) is -2.28. The standard InChI is InChI=1S/C25H27F6N2O5S/c1-17(2)37-21-7-3-4-8-22(21)38-20-11-9-19(10-12-20)33(39(34,35)16-25(29,30)31)13-5-6-18(14-32)23(33)36-15-24(26,27)28/h3-12,17H,13-16,32H2,1-2H3/q+1. The first kappa shape index (κ1) is 30.3. The van der Waals surface area contributed by atoms with Crippen LogP contribution in [0.4, 0.5) is 32.0 Å². The molecular formula is C25H27F6N2O5S+. The Balaban J connectivity index is 2.12. The molecule has 0 amide bonds. The predicted molar refractivity (Wildman–Crippen MR) is 132 cm³/mol. The number of ether oxygens (including phenoxy) is 3. The highest BCUT2D eigenvalue weighted by Crippen LogP contribution is 2.42. The molecule has 14 heteroatoms. The lowest BCUT2D eigenvalue weighted by molar-refractivity contribution is -0.168. The van der Waals surface area contributed by atoms with E-state index in [1.807, 2.05) is 13.8 Å². The van der Waals surface area contributed by atoms with E-state index >= 15 is 0 Å². The summed E-state index contributed by atoms with van der Waals surface area (Å²) in [4.78, 5) is 0. The lowest BCUT2D eigenvalue weighted by atomic mass is 10.1. The van der Waals surface area contributed by atoms with E-state index in [4.69, 9.17) is 19.9 Å². The Morgan fingerprint density at radius 2 is 1.56 bits per heavy atom. The smallest absolute Gasteiger partial charge is 0.422 e. The number of alkyl halides is 6. The molecule has 3 rings (SSSR count). The summed E-state index contributed by atoms with van der Waals surface area (Å²) >= 11 is 0. The van der Waals surface area contributed by atoms with Crippen LogP contribution in [-0.2, 0) is 14.8 Å². The average molecular weight is 582 g/mol. The molecule has 0 saturated heterocycles. The number of quaternary nitrogens is 1. The fourth-order valence-electron chi connectivity index (χ4n) is 3.94. The van der Waals surface area contributed by atoms with Crippen LogP contribution < -0.4 is 19.1 Å². The van der Waals surface area contributed by atoms with Crippen molar-refractivity contribution in [3.8, 4) is 17.2 Å². The van der Waals surface area contributed by atoms with Crippen molar-refractivity contribution in [3.63, 3.8) is 0 Å². The Bertz CT molecular complexity index is 1320. The van der Waals surface area contributed by atoms with Crippen molar-refractivity contribution < 1.29 is 49.0 Å². The molecular weight excluding hydrogens is 554 g/mol. The fraction of sp³-hybridized carbons (Fsp3) is 0.360. The molecule has 214 valence electrons. The van der Waals surface area contributed by atoms with Gasteiger partial charge in [0, 0.05) is 18.7 Å². The van der Waals surface area contributed by atoms with Crippen molar-refractivity contribution in [3.05, 3.63) is 72.1 Å². The maximum Gasteiger partial charge on any atom is 0.422 e. The highest BCUT2D eigenvalue weighted by atomic mass is 32.2. The van der Waals surface area contributed by atoms with Crippen LogP contribution >= 0.6 is 0 Å². The first-order chi connectivity index (χ1) is 18.1. The molecule has 0 aromatic heterocycles. The largest absolute Gasteiger partial charge is 0.487 e. The zero-order valence-corrected chi connectivity index (χ0v) is 21.7. The minimum absolute atomic E-state index is 0.165. The van der Waals surface area contributed by atoms with Gasteiger partial charge in [0.25, 0.3) is 0 Å². The van der Waals surface area contributed by atoms with Gasteiger partial charge in [-0.3, -0.25) is 0 Å². The van der Waals surface area contributed by atoms with E-state index in [9.17, 15) is 34.8 Å². The molecule has 1 unspecified atom stereocenters. The van der Waals surface area contributed by atoms with Gasteiger partial charge in [-0.15, -0.1) is 3.89 Å². The molecule has 0 radical (unpaired) electrons. The Hall–Kier alpha value is -3.23. The van der Waals surface area contributed by atoms with Crippen LogP contribution in [0, 0.1) is 0 Å². The highest BCUT2D eigenvalue weighted by molar-refractivity contribution is 7.91. The number of halogens is 6. The molecule has 0 spiro atoms. The van der Waals surface area contributed by atoms with Gasteiger partial charge >= 0.3 is 28.3 Å². The SMILES string of the molecule is CC(C)Oc1ccccc1Oc1ccc([N+]2(S(=O)(=O)CC(F)(F)F)CC=CC(CN)=C2OCC(F)(F)F)cc1. The molecule has 0 fully saturated rings. The van der Waals surface area contributed by atoms with Crippen molar-refractivity contribution >= 4 is 15.7 Å². The fourth-order valence-corrected chi connectivity index (χ4v) is 5.75. The van der Waals surface area contributed by atoms with E-state index in [1.54, 1.807) is 24.3 Å². The summed E-state index contributed by atoms with van der Waals surface area (Å²) in [6, 6.07) is 11.6. The summed E-state index contributed by atoms with van der Waals surface area (Å²) in [6.45, 7) is 0.531. The normalized spacial score (nSPS) is 18.4. The van der Waals surface area contributed by atoms with E-state index in [1.165, 1.54) is 24.3 Å². The maximum atomic E-state index is 13.4. The van der Waals surface area contributed by atoms with Gasteiger partial charge in [0.05, 0.1) is 11.7 Å². The second-order valence-electron chi connectivity index (χ2n) is 8.81. The van der Waals surface area contributed by atoms with Crippen LogP contribution in [0.25, 0.3) is 0 Å². The van der Waals surface area contributed by atoms with Gasteiger partial charge in [-0.25, -0.2) is 0 Å². The van der Waals surface area contributed by atoms with E-state index < -0.39 is 57.6 Å². The third kappa shape index (κ3) is 7.25. The summed E-state index contributed by atoms with van der Waals surface area (Å²) in [5.41, 5.74) is 5.13. The number of nitrogens with zero attached hydrogens (tertiary/aromatic N) is 1. The van der Waals surface area contributed by atoms with Gasteiger partial charge in [-0.2, -0.15) is 34.8 Å². The van der Waals surface area contributed by atoms with Crippen molar-refractivity contribution in [1.29, 1.82) is 0 Å². The topological polar surface area (TPSA) is 87.9 Å². The van der Waals surface area contributed by atoms with Crippen LogP contribution in [0.3, 0.4) is 0 Å². The van der Waals surface area contributed by atoms with E-state index in [2.05, 4.69) is 0 Å². The number of para-hydroxylation sites is 2. The van der Waals surface area contributed by atoms with Gasteiger partial charge in [0.15, 0.2) is 29.5 Å². The zero-order valence-electron chi connectivity index (χ0n) is 20.9. The van der Waals surface area contributed by atoms with E-state index in [-0.39, 0.29) is 23.1 Å². The maximum absolute atomic E-state index is 13.4. The van der Waals surface area contributed by atoms with Crippen LogP contribution in [0.2, 0.25) is 0 Å². The number of hydrogen-bond donors (Lipinski definition) is 1. The Kier molecular flexibility index (Phi) is 8.92. The van der Waals surface area contributed by atoms with Crippen LogP contribution in [0.15, 0.2) is 72.1 Å². The molecule has 2 aromatic rings. The lowest BCUT2D eigenvalue weighted by Crippen LogP contribution is -2.58. The molecule has 2 N–H and O–H groups in total. The second kappa shape index (κ2) is 11.5. The third-order valence-electron chi connectivity index (χ3n) is 5.39. The lowest BCUT2D eigenvalue weighted by Gasteiger charge is -2.38. The van der Waals surface area contributed by atoms with Crippen molar-refractivity contribution in [2.24, 2.45) is 5.73 Å². The number of rotatable bonds is 10. The number of benzene rings is 2. The molecule has 1 atom stereocenters. The molecule has 7 nitrogen and oxygen atoms in total. The minimum Gasteiger partial charge on any atom is -0.487 e. The molecule has 1 aliphatic heterocycles. The highest BCUT2D eigenvalue weighted by Gasteiger charge is 2.56. The first-order valence-electron chi connectivity index (χ1n) is 11.6. The van der Waals surface area contributed by atoms with Gasteiger partial charge in [0.2, 0.25) is 0 Å². The summed E-state index contributed by atoms with van der Waals surface area (Å²) in [7, 11) is -5.31. The van der Waals surface area contributed by atoms with Crippen molar-refractivity contribution in [1.82, 2.24) is 3.89 Å². The minimum atomic E-state index is -5.31. The van der Waals surface area contributed by atoms with Gasteiger partial charge in [0.1, 0.15) is 12.3 Å². The zero-order chi connectivity index (χ0) is 29.1. The molecule has 0 bridgehead atoms. The summed E-state index contributed by atoms with van der Waals surface area (Å²) in [6.07, 6.45) is -7.81. The number of hydrogen-bond acceptors (Lipinski definition) is 6. The van der Waals surface area contributed by atoms with Crippen LogP contribution in [-0.4, -0.2) is 52.3 Å². The Morgan fingerprint density at radius 3 is 2.10 bits per heavy atom. The average Bonchev–Trinajstić information content (AvgIpc) is 2.81. The Labute approximate surface area is 221 Å². The molecule has 39 heavy (non-hydrogen) atoms. The van der Waals surface area contributed by atoms with E-state index in [0.29, 0.717) is 11.5 Å². The van der Waals surface area contributed by atoms with Crippen LogP contribution in [0.1, 0.15) is 13.8 Å². The first-order valence-corrected chi connectivity index (χ1v) is 13.2. The molecule has 0 saturated carbocycles. The van der Waals surface area contributed by atoms with Gasteiger partial charge in [-0.1, -0.05) is 12.1 Å². The number of sulfonamides is 1. The van der Waals surface area contributed by atoms with Gasteiger partial charge < -0.3 is 19.9 Å². The molecule has 2 aromatic carbocycles. The summed E-state index contributed by atoms with van der Waals surface area (Å²) in [5, 5.41) is 0. The second-order valence-corrected chi connectivity index (χ2v) is 10.9. The third-order valence-corrected chi connectivity index (χ3v) is 7.56. The molecule has 0 aliphatic carbocycles. The monoisotopic (exact) mass is 581 g/mol. The molecule has 1 aliphatic rings. The predicted octanol–water partition coefficient (Wildman–Crippen LogP) is 5.78. The quantitative estimate of drug-likeness (QED) is 0.283. The van der Waals surface area contributed by atoms with E-state index in [0.717, 1.165) is 12.1 Å².